The summed E-state index contributed by atoms with van der Waals surface area (Å²) >= 11 is 0. The van der Waals surface area contributed by atoms with E-state index in [1.165, 1.54) is 0 Å². The number of nitrogens with one attached hydrogen (secondary N) is 1. The number of fused-ring (bicyclic) bond motifs is 1. The fourth-order valence-electron chi connectivity index (χ4n) is 2.92. The molecule has 0 radical (unpaired) electrons. The maximum atomic E-state index is 12.2. The van der Waals surface area contributed by atoms with Crippen LogP contribution in [0.5, 0.6) is 0 Å². The lowest BCUT2D eigenvalue weighted by Gasteiger charge is -2.12. The minimum Gasteiger partial charge on any atom is -0.417 e. The molecule has 1 amide bonds. The van der Waals surface area contributed by atoms with Gasteiger partial charge in [0.2, 0.25) is 5.89 Å². The fourth-order valence-corrected chi connectivity index (χ4v) is 2.92. The molecule has 1 aliphatic rings. The molecule has 3 aromatic rings. The molecule has 1 N–H and O–H groups in total. The second-order valence-electron chi connectivity index (χ2n) is 5.75. The highest BCUT2D eigenvalue weighted by molar-refractivity contribution is 5.89. The highest BCUT2D eigenvalue weighted by Gasteiger charge is 2.26. The normalized spacial score (nSPS) is 16.2. The Hall–Kier alpha value is -3.03. The zero-order valence-electron chi connectivity index (χ0n) is 13.2. The van der Waals surface area contributed by atoms with Crippen LogP contribution in [0.25, 0.3) is 11.5 Å². The van der Waals surface area contributed by atoms with Crippen LogP contribution in [0.1, 0.15) is 46.0 Å². The van der Waals surface area contributed by atoms with Gasteiger partial charge < -0.3 is 14.3 Å². The second-order valence-corrected chi connectivity index (χ2v) is 5.75. The summed E-state index contributed by atoms with van der Waals surface area (Å²) in [5.74, 6) is 1.10. The number of benzene rings is 1. The molecular weight excluding hydrogens is 310 g/mol. The molecule has 0 saturated heterocycles. The molecule has 0 aliphatic heterocycles. The van der Waals surface area contributed by atoms with Crippen molar-refractivity contribution in [3.05, 3.63) is 46.9 Å². The second kappa shape index (κ2) is 5.55. The zero-order chi connectivity index (χ0) is 16.7. The van der Waals surface area contributed by atoms with E-state index < -0.39 is 0 Å². The smallest absolute Gasteiger partial charge is 0.309 e. The molecule has 1 aliphatic carbocycles. The summed E-state index contributed by atoms with van der Waals surface area (Å²) in [6.45, 7) is 3.43. The molecule has 1 atom stereocenters. The van der Waals surface area contributed by atoms with Crippen molar-refractivity contribution in [1.29, 1.82) is 0 Å². The average molecular weight is 325 g/mol. The van der Waals surface area contributed by atoms with Crippen LogP contribution in [0.3, 0.4) is 0 Å². The van der Waals surface area contributed by atoms with Crippen LogP contribution in [0.4, 0.5) is 0 Å². The maximum Gasteiger partial charge on any atom is 0.309 e. The van der Waals surface area contributed by atoms with Crippen molar-refractivity contribution >= 4 is 5.91 Å². The highest BCUT2D eigenvalue weighted by Crippen LogP contribution is 2.34. The Morgan fingerprint density at radius 1 is 1.29 bits per heavy atom. The molecule has 1 unspecified atom stereocenters. The van der Waals surface area contributed by atoms with Gasteiger partial charge in [-0.15, -0.1) is 10.2 Å². The van der Waals surface area contributed by atoms with E-state index in [9.17, 15) is 4.79 Å². The van der Waals surface area contributed by atoms with E-state index in [1.54, 1.807) is 13.8 Å². The van der Waals surface area contributed by atoms with Crippen LogP contribution >= 0.6 is 0 Å². The number of aryl methyl sites for hydroxylation is 3. The minimum atomic E-state index is -0.356. The number of rotatable bonds is 3. The molecular formula is C16H15N5O3. The molecule has 0 spiro atoms. The highest BCUT2D eigenvalue weighted by atomic mass is 16.5. The number of carbonyl (C=O) groups is 1. The topological polar surface area (TPSA) is 107 Å². The number of hydrogen-bond donors (Lipinski definition) is 1. The van der Waals surface area contributed by atoms with Crippen molar-refractivity contribution in [2.75, 3.05) is 0 Å². The van der Waals surface area contributed by atoms with Crippen LogP contribution in [0.2, 0.25) is 0 Å². The van der Waals surface area contributed by atoms with Gasteiger partial charge in [-0.3, -0.25) is 4.79 Å². The predicted octanol–water partition coefficient (Wildman–Crippen LogP) is 2.15. The van der Waals surface area contributed by atoms with E-state index in [-0.39, 0.29) is 17.8 Å². The predicted molar refractivity (Wildman–Crippen MR) is 82.0 cm³/mol. The summed E-state index contributed by atoms with van der Waals surface area (Å²) in [6.07, 6.45) is 1.69. The zero-order valence-corrected chi connectivity index (χ0v) is 13.2. The number of aromatic nitrogens is 4. The van der Waals surface area contributed by atoms with Crippen LogP contribution in [0.15, 0.2) is 27.1 Å². The summed E-state index contributed by atoms with van der Waals surface area (Å²) in [5, 5.41) is 14.2. The van der Waals surface area contributed by atoms with Crippen LogP contribution < -0.4 is 5.32 Å². The van der Waals surface area contributed by atoms with Crippen molar-refractivity contribution in [3.8, 4) is 11.5 Å². The molecule has 122 valence electrons. The van der Waals surface area contributed by atoms with Gasteiger partial charge in [-0.05, 0) is 43.0 Å². The van der Waals surface area contributed by atoms with E-state index in [0.29, 0.717) is 17.6 Å². The monoisotopic (exact) mass is 325 g/mol. The molecule has 1 aromatic carbocycles. The molecule has 24 heavy (non-hydrogen) atoms. The molecule has 2 heterocycles. The molecule has 8 nitrogen and oxygen atoms in total. The minimum absolute atomic E-state index is 0.0149. The van der Waals surface area contributed by atoms with Crippen molar-refractivity contribution in [1.82, 2.24) is 25.7 Å². The first-order chi connectivity index (χ1) is 11.6. The Morgan fingerprint density at radius 2 is 2.17 bits per heavy atom. The summed E-state index contributed by atoms with van der Waals surface area (Å²) in [7, 11) is 0. The van der Waals surface area contributed by atoms with Crippen LogP contribution in [-0.2, 0) is 6.42 Å². The van der Waals surface area contributed by atoms with E-state index in [1.807, 2.05) is 18.2 Å². The summed E-state index contributed by atoms with van der Waals surface area (Å²) in [6, 6.07) is 5.87. The van der Waals surface area contributed by atoms with Crippen molar-refractivity contribution in [2.24, 2.45) is 0 Å². The quantitative estimate of drug-likeness (QED) is 0.786. The molecule has 2 aromatic heterocycles. The van der Waals surface area contributed by atoms with Crippen LogP contribution in [0, 0.1) is 13.8 Å². The Labute approximate surface area is 137 Å². The van der Waals surface area contributed by atoms with Gasteiger partial charge in [-0.25, -0.2) is 0 Å². The van der Waals surface area contributed by atoms with E-state index in [0.717, 1.165) is 29.5 Å². The number of amides is 1. The van der Waals surface area contributed by atoms with Gasteiger partial charge in [-0.2, -0.15) is 4.98 Å². The first-order valence-electron chi connectivity index (χ1n) is 7.64. The largest absolute Gasteiger partial charge is 0.417 e. The Morgan fingerprint density at radius 3 is 2.88 bits per heavy atom. The lowest BCUT2D eigenvalue weighted by molar-refractivity contribution is 0.0900. The number of nitrogens with zero attached hydrogens (tertiary/aromatic N) is 4. The first kappa shape index (κ1) is 14.6. The maximum absolute atomic E-state index is 12.2. The third-order valence-corrected chi connectivity index (χ3v) is 4.02. The molecule has 0 saturated carbocycles. The Balaban J connectivity index is 1.55. The Bertz CT molecular complexity index is 914. The van der Waals surface area contributed by atoms with Gasteiger partial charge in [0.25, 0.3) is 5.89 Å². The first-order valence-corrected chi connectivity index (χ1v) is 7.64. The van der Waals surface area contributed by atoms with E-state index in [2.05, 4.69) is 25.7 Å². The summed E-state index contributed by atoms with van der Waals surface area (Å²) in [4.78, 5) is 16.4. The third-order valence-electron chi connectivity index (χ3n) is 4.02. The standard InChI is InChI=1S/C16H15N5O3/c1-8-17-15(24-21-8)11-3-5-12-10(7-11)4-6-13(12)18-14(22)16-20-19-9(2)23-16/h3,5,7,13H,4,6H2,1-2H3,(H,18,22). The number of carbonyl (C=O) groups excluding carboxylic acids is 1. The Kier molecular flexibility index (Phi) is 3.37. The summed E-state index contributed by atoms with van der Waals surface area (Å²) in [5.41, 5.74) is 3.13. The lowest BCUT2D eigenvalue weighted by atomic mass is 10.0. The van der Waals surface area contributed by atoms with Crippen LogP contribution in [-0.4, -0.2) is 26.2 Å². The SMILES string of the molecule is Cc1noc(-c2ccc3c(c2)CCC3NC(=O)c2nnc(C)o2)n1. The lowest BCUT2D eigenvalue weighted by Crippen LogP contribution is -2.27. The molecule has 0 bridgehead atoms. The van der Waals surface area contributed by atoms with Gasteiger partial charge in [0.05, 0.1) is 6.04 Å². The van der Waals surface area contributed by atoms with Gasteiger partial charge in [-0.1, -0.05) is 11.2 Å². The van der Waals surface area contributed by atoms with Gasteiger partial charge in [0, 0.05) is 12.5 Å². The average Bonchev–Trinajstić information content (AvgIpc) is 3.28. The van der Waals surface area contributed by atoms with Crippen molar-refractivity contribution < 1.29 is 13.7 Å². The van der Waals surface area contributed by atoms with E-state index >= 15 is 0 Å². The van der Waals surface area contributed by atoms with Crippen molar-refractivity contribution in [2.45, 2.75) is 32.7 Å². The molecule has 8 heteroatoms. The third kappa shape index (κ3) is 2.55. The fraction of sp³-hybridized carbons (Fsp3) is 0.312. The number of hydrogen-bond acceptors (Lipinski definition) is 7. The summed E-state index contributed by atoms with van der Waals surface area (Å²) < 4.78 is 10.4. The van der Waals surface area contributed by atoms with E-state index in [4.69, 9.17) is 8.94 Å². The molecule has 0 fully saturated rings. The van der Waals surface area contributed by atoms with Gasteiger partial charge >= 0.3 is 11.8 Å². The van der Waals surface area contributed by atoms with Gasteiger partial charge in [0.1, 0.15) is 0 Å². The van der Waals surface area contributed by atoms with Crippen molar-refractivity contribution in [3.63, 3.8) is 0 Å². The molecule has 4 rings (SSSR count). The van der Waals surface area contributed by atoms with Gasteiger partial charge in [0.15, 0.2) is 5.82 Å².